The van der Waals surface area contributed by atoms with Crippen LogP contribution in [0.15, 0.2) is 30.3 Å². The Labute approximate surface area is 175 Å². The second-order valence-electron chi connectivity index (χ2n) is 8.62. The fraction of sp³-hybridized carbons (Fsp3) is 0.652. The van der Waals surface area contributed by atoms with Gasteiger partial charge in [0, 0.05) is 44.8 Å². The first kappa shape index (κ1) is 21.8. The molecule has 0 radical (unpaired) electrons. The smallest absolute Gasteiger partial charge is 0.240 e. The quantitative estimate of drug-likeness (QED) is 0.795. The van der Waals surface area contributed by atoms with Crippen molar-refractivity contribution >= 4 is 11.8 Å². The predicted molar refractivity (Wildman–Crippen MR) is 115 cm³/mol. The highest BCUT2D eigenvalue weighted by Gasteiger charge is 2.34. The Morgan fingerprint density at radius 2 is 1.66 bits per heavy atom. The largest absolute Gasteiger partial charge is 0.351 e. The number of carbonyl (C=O) groups is 2. The van der Waals surface area contributed by atoms with Gasteiger partial charge in [0.05, 0.1) is 12.6 Å². The molecule has 3 atom stereocenters. The number of hydrogen-bond acceptors (Lipinski definition) is 4. The molecule has 2 amide bonds. The summed E-state index contributed by atoms with van der Waals surface area (Å²) in [5.74, 6) is 0.321. The standard InChI is InChI=1S/C23H36N4O2/c1-18-8-7-9-19(2)27(18)23(29)20(3)26-14-12-25(13-15-26)17-22(28)24-16-21-10-5-4-6-11-21/h4-6,10-11,18-20H,7-9,12-17H2,1-3H3,(H,24,28)/t18-,19-,20-/m1/s1. The summed E-state index contributed by atoms with van der Waals surface area (Å²) in [6, 6.07) is 10.5. The summed E-state index contributed by atoms with van der Waals surface area (Å²) in [6.07, 6.45) is 3.43. The number of piperidine rings is 1. The monoisotopic (exact) mass is 400 g/mol. The molecule has 29 heavy (non-hydrogen) atoms. The summed E-state index contributed by atoms with van der Waals surface area (Å²) < 4.78 is 0. The van der Waals surface area contributed by atoms with E-state index in [0.29, 0.717) is 25.2 Å². The highest BCUT2D eigenvalue weighted by Crippen LogP contribution is 2.24. The van der Waals surface area contributed by atoms with E-state index in [2.05, 4.69) is 33.9 Å². The summed E-state index contributed by atoms with van der Waals surface area (Å²) in [6.45, 7) is 10.7. The molecule has 0 saturated carbocycles. The van der Waals surface area contributed by atoms with Crippen molar-refractivity contribution in [2.24, 2.45) is 0 Å². The van der Waals surface area contributed by atoms with Gasteiger partial charge in [-0.1, -0.05) is 30.3 Å². The highest BCUT2D eigenvalue weighted by molar-refractivity contribution is 5.82. The third-order valence-electron chi connectivity index (χ3n) is 6.46. The Kier molecular flexibility index (Phi) is 7.67. The molecule has 0 unspecified atom stereocenters. The van der Waals surface area contributed by atoms with Crippen LogP contribution in [0.1, 0.15) is 45.6 Å². The lowest BCUT2D eigenvalue weighted by atomic mass is 9.96. The average molecular weight is 401 g/mol. The lowest BCUT2D eigenvalue weighted by Gasteiger charge is -2.44. The fourth-order valence-electron chi connectivity index (χ4n) is 4.59. The van der Waals surface area contributed by atoms with Crippen LogP contribution in [0.3, 0.4) is 0 Å². The lowest BCUT2D eigenvalue weighted by molar-refractivity contribution is -0.143. The van der Waals surface area contributed by atoms with E-state index in [1.807, 2.05) is 37.3 Å². The van der Waals surface area contributed by atoms with E-state index in [0.717, 1.165) is 44.6 Å². The van der Waals surface area contributed by atoms with Crippen molar-refractivity contribution in [2.75, 3.05) is 32.7 Å². The first-order valence-electron chi connectivity index (χ1n) is 11.0. The summed E-state index contributed by atoms with van der Waals surface area (Å²) in [5, 5.41) is 3.00. The van der Waals surface area contributed by atoms with Crippen molar-refractivity contribution < 1.29 is 9.59 Å². The van der Waals surface area contributed by atoms with E-state index in [1.165, 1.54) is 6.42 Å². The number of amides is 2. The molecule has 3 rings (SSSR count). The van der Waals surface area contributed by atoms with E-state index in [1.54, 1.807) is 0 Å². The molecule has 2 fully saturated rings. The number of hydrogen-bond donors (Lipinski definition) is 1. The van der Waals surface area contributed by atoms with Crippen molar-refractivity contribution in [1.29, 1.82) is 0 Å². The van der Waals surface area contributed by atoms with Crippen molar-refractivity contribution in [3.05, 3.63) is 35.9 Å². The fourth-order valence-corrected chi connectivity index (χ4v) is 4.59. The van der Waals surface area contributed by atoms with Crippen LogP contribution in [0.4, 0.5) is 0 Å². The van der Waals surface area contributed by atoms with Crippen molar-refractivity contribution in [2.45, 2.75) is 64.7 Å². The highest BCUT2D eigenvalue weighted by atomic mass is 16.2. The Balaban J connectivity index is 1.42. The molecule has 0 bridgehead atoms. The zero-order valence-corrected chi connectivity index (χ0v) is 18.1. The van der Waals surface area contributed by atoms with Crippen LogP contribution >= 0.6 is 0 Å². The van der Waals surface area contributed by atoms with Gasteiger partial charge < -0.3 is 10.2 Å². The summed E-state index contributed by atoms with van der Waals surface area (Å²) in [5.41, 5.74) is 1.11. The number of piperazine rings is 1. The maximum Gasteiger partial charge on any atom is 0.240 e. The van der Waals surface area contributed by atoms with E-state index in [9.17, 15) is 9.59 Å². The average Bonchev–Trinajstić information content (AvgIpc) is 2.73. The van der Waals surface area contributed by atoms with E-state index >= 15 is 0 Å². The van der Waals surface area contributed by atoms with Gasteiger partial charge in [0.1, 0.15) is 0 Å². The zero-order valence-electron chi connectivity index (χ0n) is 18.1. The summed E-state index contributed by atoms with van der Waals surface area (Å²) in [4.78, 5) is 31.9. The molecule has 2 heterocycles. The molecule has 1 N–H and O–H groups in total. The summed E-state index contributed by atoms with van der Waals surface area (Å²) in [7, 11) is 0. The van der Waals surface area contributed by atoms with Crippen LogP contribution in [0.5, 0.6) is 0 Å². The molecule has 160 valence electrons. The minimum Gasteiger partial charge on any atom is -0.351 e. The van der Waals surface area contributed by atoms with Gasteiger partial charge in [-0.05, 0) is 45.6 Å². The molecular weight excluding hydrogens is 364 g/mol. The maximum absolute atomic E-state index is 13.1. The molecule has 2 saturated heterocycles. The molecule has 6 heteroatoms. The first-order valence-corrected chi connectivity index (χ1v) is 11.0. The van der Waals surface area contributed by atoms with E-state index < -0.39 is 0 Å². The Bertz CT molecular complexity index is 663. The number of nitrogens with one attached hydrogen (secondary N) is 1. The van der Waals surface area contributed by atoms with Gasteiger partial charge in [0.2, 0.25) is 11.8 Å². The molecule has 0 aromatic heterocycles. The molecular formula is C23H36N4O2. The van der Waals surface area contributed by atoms with Gasteiger partial charge >= 0.3 is 0 Å². The minimum atomic E-state index is -0.0907. The van der Waals surface area contributed by atoms with Crippen LogP contribution in [-0.4, -0.2) is 77.4 Å². The minimum absolute atomic E-state index is 0.0578. The van der Waals surface area contributed by atoms with Gasteiger partial charge in [0.25, 0.3) is 0 Å². The number of rotatable bonds is 6. The van der Waals surface area contributed by atoms with Gasteiger partial charge in [-0.2, -0.15) is 0 Å². The SMILES string of the molecule is C[C@H](C(=O)N1[C@H](C)CCC[C@H]1C)N1CCN(CC(=O)NCc2ccccc2)CC1. The maximum atomic E-state index is 13.1. The topological polar surface area (TPSA) is 55.9 Å². The third kappa shape index (κ3) is 5.80. The number of nitrogens with zero attached hydrogens (tertiary/aromatic N) is 3. The van der Waals surface area contributed by atoms with Gasteiger partial charge in [-0.15, -0.1) is 0 Å². The first-order chi connectivity index (χ1) is 14.0. The molecule has 0 spiro atoms. The van der Waals surface area contributed by atoms with Crippen LogP contribution in [0.2, 0.25) is 0 Å². The van der Waals surface area contributed by atoms with Crippen molar-refractivity contribution in [3.8, 4) is 0 Å². The van der Waals surface area contributed by atoms with E-state index in [4.69, 9.17) is 0 Å². The van der Waals surface area contributed by atoms with Crippen LogP contribution in [0, 0.1) is 0 Å². The van der Waals surface area contributed by atoms with Crippen molar-refractivity contribution in [3.63, 3.8) is 0 Å². The molecule has 2 aliphatic heterocycles. The lowest BCUT2D eigenvalue weighted by Crippen LogP contribution is -2.58. The van der Waals surface area contributed by atoms with Crippen LogP contribution in [0.25, 0.3) is 0 Å². The van der Waals surface area contributed by atoms with Gasteiger partial charge in [-0.25, -0.2) is 0 Å². The summed E-state index contributed by atoms with van der Waals surface area (Å²) >= 11 is 0. The normalized spacial score (nSPS) is 24.9. The Morgan fingerprint density at radius 3 is 2.28 bits per heavy atom. The van der Waals surface area contributed by atoms with Gasteiger partial charge in [0.15, 0.2) is 0 Å². The molecule has 1 aromatic carbocycles. The van der Waals surface area contributed by atoms with E-state index in [-0.39, 0.29) is 17.9 Å². The Morgan fingerprint density at radius 1 is 1.03 bits per heavy atom. The second kappa shape index (κ2) is 10.2. The van der Waals surface area contributed by atoms with Gasteiger partial charge in [-0.3, -0.25) is 19.4 Å². The molecule has 2 aliphatic rings. The predicted octanol–water partition coefficient (Wildman–Crippen LogP) is 2.10. The molecule has 0 aliphatic carbocycles. The van der Waals surface area contributed by atoms with Crippen molar-refractivity contribution in [1.82, 2.24) is 20.0 Å². The Hall–Kier alpha value is -1.92. The number of carbonyl (C=O) groups excluding carboxylic acids is 2. The number of likely N-dealkylation sites (tertiary alicyclic amines) is 1. The molecule has 6 nitrogen and oxygen atoms in total. The third-order valence-corrected chi connectivity index (χ3v) is 6.46. The molecule has 1 aromatic rings. The van der Waals surface area contributed by atoms with Crippen LogP contribution in [-0.2, 0) is 16.1 Å². The second-order valence-corrected chi connectivity index (χ2v) is 8.62. The van der Waals surface area contributed by atoms with Crippen LogP contribution < -0.4 is 5.32 Å². The zero-order chi connectivity index (χ0) is 20.8. The number of benzene rings is 1.